The summed E-state index contributed by atoms with van der Waals surface area (Å²) < 4.78 is 11.6. The van der Waals surface area contributed by atoms with Gasteiger partial charge in [0.1, 0.15) is 11.1 Å². The number of aromatic hydroxyl groups is 1. The molecule has 2 aliphatic heterocycles. The summed E-state index contributed by atoms with van der Waals surface area (Å²) in [7, 11) is 0. The van der Waals surface area contributed by atoms with Crippen LogP contribution in [0.4, 0.5) is 5.69 Å². The van der Waals surface area contributed by atoms with E-state index in [1.165, 1.54) is 17.8 Å². The van der Waals surface area contributed by atoms with Gasteiger partial charge in [-0.3, -0.25) is 9.69 Å². The third kappa shape index (κ3) is 2.60. The maximum atomic E-state index is 12.4. The Hall–Kier alpha value is -1.57. The zero-order chi connectivity index (χ0) is 16.8. The lowest BCUT2D eigenvalue weighted by Crippen LogP contribution is -2.28. The Kier molecular flexibility index (Phi) is 4.02. The fraction of sp³-hybridized carbons (Fsp3) is 0.188. The number of phenols is 1. The number of fused-ring (bicyclic) bond motifs is 1. The van der Waals surface area contributed by atoms with Crippen LogP contribution in [0.2, 0.25) is 5.02 Å². The summed E-state index contributed by atoms with van der Waals surface area (Å²) in [5, 5.41) is 10.3. The SMILES string of the molecule is O=C1CSC(c2cc3c(cc2Br)OCO3)N1c1cc(Cl)ccc1O. The molecule has 1 atom stereocenters. The number of benzene rings is 2. The average molecular weight is 429 g/mol. The first-order valence-corrected chi connectivity index (χ1v) is 9.28. The number of rotatable bonds is 2. The van der Waals surface area contributed by atoms with Crippen LogP contribution in [-0.4, -0.2) is 23.6 Å². The number of carbonyl (C=O) groups excluding carboxylic acids is 1. The molecule has 0 aliphatic carbocycles. The van der Waals surface area contributed by atoms with Crippen LogP contribution in [0.3, 0.4) is 0 Å². The standard InChI is InChI=1S/C16H11BrClNO4S/c17-10-5-14-13(22-7-23-14)4-9(10)16-19(15(21)6-24-16)11-3-8(18)1-2-12(11)20/h1-5,16,20H,6-7H2. The van der Waals surface area contributed by atoms with Crippen molar-refractivity contribution in [1.82, 2.24) is 0 Å². The molecule has 1 N–H and O–H groups in total. The van der Waals surface area contributed by atoms with E-state index in [1.54, 1.807) is 17.0 Å². The number of hydrogen-bond acceptors (Lipinski definition) is 5. The molecule has 24 heavy (non-hydrogen) atoms. The molecule has 1 amide bonds. The summed E-state index contributed by atoms with van der Waals surface area (Å²) >= 11 is 11.1. The maximum absolute atomic E-state index is 12.4. The number of nitrogens with zero attached hydrogens (tertiary/aromatic N) is 1. The van der Waals surface area contributed by atoms with Gasteiger partial charge in [0.05, 0.1) is 11.4 Å². The van der Waals surface area contributed by atoms with E-state index in [4.69, 9.17) is 21.1 Å². The molecule has 4 rings (SSSR count). The summed E-state index contributed by atoms with van der Waals surface area (Å²) in [6, 6.07) is 8.35. The molecule has 5 nitrogen and oxygen atoms in total. The van der Waals surface area contributed by atoms with Crippen LogP contribution in [0.5, 0.6) is 17.2 Å². The highest BCUT2D eigenvalue weighted by Crippen LogP contribution is 2.49. The first-order valence-electron chi connectivity index (χ1n) is 7.06. The molecule has 0 radical (unpaired) electrons. The minimum atomic E-state index is -0.300. The highest BCUT2D eigenvalue weighted by atomic mass is 79.9. The second-order valence-electron chi connectivity index (χ2n) is 5.29. The molecule has 2 aromatic carbocycles. The molecule has 2 aliphatic rings. The number of anilines is 1. The third-order valence-corrected chi connectivity index (χ3v) is 5.94. The Morgan fingerprint density at radius 2 is 2.00 bits per heavy atom. The van der Waals surface area contributed by atoms with Gasteiger partial charge in [-0.2, -0.15) is 0 Å². The molecule has 8 heteroatoms. The molecule has 0 spiro atoms. The lowest BCUT2D eigenvalue weighted by molar-refractivity contribution is -0.115. The van der Waals surface area contributed by atoms with E-state index >= 15 is 0 Å². The summed E-state index contributed by atoms with van der Waals surface area (Å²) in [4.78, 5) is 14.0. The van der Waals surface area contributed by atoms with Gasteiger partial charge >= 0.3 is 0 Å². The third-order valence-electron chi connectivity index (χ3n) is 3.82. The summed E-state index contributed by atoms with van der Waals surface area (Å²) in [6.45, 7) is 0.181. The Labute approximate surface area is 155 Å². The van der Waals surface area contributed by atoms with Crippen molar-refractivity contribution in [2.45, 2.75) is 5.37 Å². The van der Waals surface area contributed by atoms with Crippen molar-refractivity contribution >= 4 is 50.9 Å². The molecule has 0 bridgehead atoms. The van der Waals surface area contributed by atoms with E-state index in [2.05, 4.69) is 15.9 Å². The Morgan fingerprint density at radius 3 is 2.79 bits per heavy atom. The van der Waals surface area contributed by atoms with Gasteiger partial charge < -0.3 is 14.6 Å². The quantitative estimate of drug-likeness (QED) is 0.772. The number of hydrogen-bond donors (Lipinski definition) is 1. The van der Waals surface area contributed by atoms with Crippen LogP contribution >= 0.6 is 39.3 Å². The van der Waals surface area contributed by atoms with E-state index < -0.39 is 0 Å². The number of amides is 1. The van der Waals surface area contributed by atoms with E-state index in [-0.39, 0.29) is 23.8 Å². The second kappa shape index (κ2) is 6.06. The van der Waals surface area contributed by atoms with Gasteiger partial charge in [0.15, 0.2) is 11.5 Å². The van der Waals surface area contributed by atoms with Gasteiger partial charge in [0.25, 0.3) is 0 Å². The summed E-state index contributed by atoms with van der Waals surface area (Å²) in [6.07, 6.45) is 0. The first kappa shape index (κ1) is 15.9. The number of phenolic OH excluding ortho intramolecular Hbond substituents is 1. The Balaban J connectivity index is 1.80. The smallest absolute Gasteiger partial charge is 0.238 e. The predicted molar refractivity (Wildman–Crippen MR) is 96.1 cm³/mol. The fourth-order valence-electron chi connectivity index (χ4n) is 2.73. The minimum absolute atomic E-state index is 0.0112. The largest absolute Gasteiger partial charge is 0.506 e. The molecule has 2 aromatic rings. The maximum Gasteiger partial charge on any atom is 0.238 e. The van der Waals surface area contributed by atoms with Crippen molar-refractivity contribution < 1.29 is 19.4 Å². The van der Waals surface area contributed by atoms with Crippen molar-refractivity contribution in [3.8, 4) is 17.2 Å². The van der Waals surface area contributed by atoms with Gasteiger partial charge in [0.2, 0.25) is 12.7 Å². The molecule has 2 heterocycles. The molecular formula is C16H11BrClNO4S. The average Bonchev–Trinajstić information content (AvgIpc) is 3.15. The molecule has 124 valence electrons. The zero-order valence-corrected chi connectivity index (χ0v) is 15.3. The van der Waals surface area contributed by atoms with Crippen LogP contribution in [-0.2, 0) is 4.79 Å². The molecule has 0 aromatic heterocycles. The summed E-state index contributed by atoms with van der Waals surface area (Å²) in [5.41, 5.74) is 1.27. The highest BCUT2D eigenvalue weighted by molar-refractivity contribution is 9.10. The normalized spacial score (nSPS) is 19.2. The fourth-order valence-corrected chi connectivity index (χ4v) is 4.78. The predicted octanol–water partition coefficient (Wildman–Crippen LogP) is 4.32. The van der Waals surface area contributed by atoms with Gasteiger partial charge in [-0.15, -0.1) is 11.8 Å². The Bertz CT molecular complexity index is 847. The molecule has 1 fully saturated rings. The van der Waals surface area contributed by atoms with E-state index in [0.29, 0.717) is 28.0 Å². The van der Waals surface area contributed by atoms with Crippen molar-refractivity contribution in [2.75, 3.05) is 17.4 Å². The van der Waals surface area contributed by atoms with Crippen molar-refractivity contribution in [3.63, 3.8) is 0 Å². The van der Waals surface area contributed by atoms with Gasteiger partial charge in [-0.05, 0) is 30.3 Å². The zero-order valence-electron chi connectivity index (χ0n) is 12.2. The van der Waals surface area contributed by atoms with Crippen LogP contribution in [0.1, 0.15) is 10.9 Å². The number of ether oxygens (including phenoxy) is 2. The van der Waals surface area contributed by atoms with E-state index in [1.807, 2.05) is 12.1 Å². The van der Waals surface area contributed by atoms with Crippen LogP contribution in [0.25, 0.3) is 0 Å². The summed E-state index contributed by atoms with van der Waals surface area (Å²) in [5.74, 6) is 1.54. The van der Waals surface area contributed by atoms with Crippen molar-refractivity contribution in [1.29, 1.82) is 0 Å². The molecule has 1 unspecified atom stereocenters. The minimum Gasteiger partial charge on any atom is -0.506 e. The van der Waals surface area contributed by atoms with E-state index in [9.17, 15) is 9.90 Å². The van der Waals surface area contributed by atoms with Crippen molar-refractivity contribution in [2.24, 2.45) is 0 Å². The second-order valence-corrected chi connectivity index (χ2v) is 7.65. The topological polar surface area (TPSA) is 59.0 Å². The first-order chi connectivity index (χ1) is 11.5. The lowest BCUT2D eigenvalue weighted by Gasteiger charge is -2.26. The molecule has 1 saturated heterocycles. The van der Waals surface area contributed by atoms with Gasteiger partial charge in [0, 0.05) is 15.1 Å². The number of thioether (sulfide) groups is 1. The Morgan fingerprint density at radius 1 is 1.25 bits per heavy atom. The van der Waals surface area contributed by atoms with Crippen LogP contribution < -0.4 is 14.4 Å². The monoisotopic (exact) mass is 427 g/mol. The van der Waals surface area contributed by atoms with Crippen LogP contribution in [0, 0.1) is 0 Å². The van der Waals surface area contributed by atoms with Gasteiger partial charge in [-0.1, -0.05) is 27.5 Å². The van der Waals surface area contributed by atoms with Gasteiger partial charge in [-0.25, -0.2) is 0 Å². The molecule has 0 saturated carbocycles. The van der Waals surface area contributed by atoms with E-state index in [0.717, 1.165) is 10.0 Å². The molecular weight excluding hydrogens is 418 g/mol. The highest BCUT2D eigenvalue weighted by Gasteiger charge is 2.37. The number of halogens is 2. The van der Waals surface area contributed by atoms with Crippen molar-refractivity contribution in [3.05, 3.63) is 45.4 Å². The lowest BCUT2D eigenvalue weighted by atomic mass is 10.1. The number of carbonyl (C=O) groups is 1. The van der Waals surface area contributed by atoms with Crippen LogP contribution in [0.15, 0.2) is 34.8 Å².